The molecule has 3 atom stereocenters. The lowest BCUT2D eigenvalue weighted by molar-refractivity contribution is -0.173. The molecule has 10 heteroatoms. The van der Waals surface area contributed by atoms with Crippen LogP contribution in [0.1, 0.15) is 54.8 Å². The molecule has 1 aromatic carbocycles. The minimum Gasteiger partial charge on any atom is -0.497 e. The lowest BCUT2D eigenvalue weighted by Gasteiger charge is -2.33. The maximum atomic E-state index is 13.8. The van der Waals surface area contributed by atoms with Crippen molar-refractivity contribution < 1.29 is 22.7 Å². The molecule has 0 saturated heterocycles. The molecule has 0 spiro atoms. The van der Waals surface area contributed by atoms with Gasteiger partial charge in [0.05, 0.1) is 13.2 Å². The number of alkyl halides is 3. The summed E-state index contributed by atoms with van der Waals surface area (Å²) in [5, 5.41) is 9.48. The van der Waals surface area contributed by atoms with Crippen LogP contribution in [0.5, 0.6) is 5.75 Å². The maximum absolute atomic E-state index is 13.8. The van der Waals surface area contributed by atoms with Gasteiger partial charge in [0.15, 0.2) is 11.7 Å². The molecule has 29 heavy (non-hydrogen) atoms. The third-order valence-electron chi connectivity index (χ3n) is 5.02. The van der Waals surface area contributed by atoms with Gasteiger partial charge in [-0.3, -0.25) is 4.79 Å². The van der Waals surface area contributed by atoms with E-state index in [1.807, 2.05) is 6.92 Å². The molecule has 0 bridgehead atoms. The first-order chi connectivity index (χ1) is 13.7. The van der Waals surface area contributed by atoms with Gasteiger partial charge in [0.1, 0.15) is 16.6 Å². The molecule has 1 aromatic heterocycles. The van der Waals surface area contributed by atoms with Gasteiger partial charge in [0.2, 0.25) is 0 Å². The fourth-order valence-electron chi connectivity index (χ4n) is 3.18. The van der Waals surface area contributed by atoms with Gasteiger partial charge in [0, 0.05) is 12.5 Å². The third-order valence-corrected chi connectivity index (χ3v) is 5.38. The van der Waals surface area contributed by atoms with Crippen LogP contribution in [-0.2, 0) is 0 Å². The van der Waals surface area contributed by atoms with Crippen LogP contribution in [0, 0.1) is 0 Å². The van der Waals surface area contributed by atoms with Crippen molar-refractivity contribution in [1.29, 1.82) is 0 Å². The fraction of sp³-hybridized carbons (Fsp3) is 0.474. The fourth-order valence-corrected chi connectivity index (χ4v) is 3.45. The highest BCUT2D eigenvalue weighted by Gasteiger charge is 2.47. The van der Waals surface area contributed by atoms with E-state index in [4.69, 9.17) is 16.3 Å². The number of halogens is 4. The van der Waals surface area contributed by atoms with Crippen LogP contribution in [0.15, 0.2) is 24.3 Å². The van der Waals surface area contributed by atoms with Gasteiger partial charge in [-0.1, -0.05) is 30.7 Å². The summed E-state index contributed by atoms with van der Waals surface area (Å²) < 4.78 is 47.2. The summed E-state index contributed by atoms with van der Waals surface area (Å²) in [6.07, 6.45) is -4.17. The smallest absolute Gasteiger partial charge is 0.410 e. The number of benzene rings is 1. The standard InChI is InChI=1S/C19H22ClF3N4O2/c1-4-10(2)24-18(28)16-15(20)17-25-13(11-5-7-12(29-3)8-6-11)9-14(19(21,22)23)27(17)26-16/h5-8,10,13-14,25H,4,9H2,1-3H3,(H,24,28)/t10-,13+,14+/m0/s1. The van der Waals surface area contributed by atoms with Crippen LogP contribution in [-0.4, -0.2) is 35.0 Å². The Hall–Kier alpha value is -2.42. The zero-order valence-electron chi connectivity index (χ0n) is 16.2. The molecule has 0 unspecified atom stereocenters. The van der Waals surface area contributed by atoms with E-state index in [1.165, 1.54) is 7.11 Å². The Morgan fingerprint density at radius 1 is 1.41 bits per heavy atom. The van der Waals surface area contributed by atoms with Crippen molar-refractivity contribution in [2.24, 2.45) is 0 Å². The molecule has 2 heterocycles. The van der Waals surface area contributed by atoms with E-state index >= 15 is 0 Å². The second kappa shape index (κ2) is 8.14. The van der Waals surface area contributed by atoms with E-state index in [2.05, 4.69) is 15.7 Å². The molecule has 1 aliphatic rings. The zero-order valence-corrected chi connectivity index (χ0v) is 16.9. The second-order valence-electron chi connectivity index (χ2n) is 7.00. The summed E-state index contributed by atoms with van der Waals surface area (Å²) in [7, 11) is 1.51. The summed E-state index contributed by atoms with van der Waals surface area (Å²) >= 11 is 6.29. The number of methoxy groups -OCH3 is 1. The summed E-state index contributed by atoms with van der Waals surface area (Å²) in [4.78, 5) is 12.4. The van der Waals surface area contributed by atoms with Crippen molar-refractivity contribution in [2.45, 2.75) is 51.0 Å². The number of anilines is 1. The Kier molecular flexibility index (Phi) is 5.97. The van der Waals surface area contributed by atoms with Crippen molar-refractivity contribution in [3.63, 3.8) is 0 Å². The Bertz CT molecular complexity index is 883. The van der Waals surface area contributed by atoms with Crippen molar-refractivity contribution >= 4 is 23.3 Å². The first-order valence-corrected chi connectivity index (χ1v) is 9.59. The Morgan fingerprint density at radius 3 is 2.62 bits per heavy atom. The molecular formula is C19H22ClF3N4O2. The van der Waals surface area contributed by atoms with E-state index in [0.29, 0.717) is 17.7 Å². The number of nitrogens with zero attached hydrogens (tertiary/aromatic N) is 2. The molecule has 0 fully saturated rings. The Morgan fingerprint density at radius 2 is 2.07 bits per heavy atom. The van der Waals surface area contributed by atoms with Crippen LogP contribution in [0.4, 0.5) is 19.0 Å². The highest BCUT2D eigenvalue weighted by Crippen LogP contribution is 2.46. The van der Waals surface area contributed by atoms with Gasteiger partial charge in [-0.05, 0) is 31.0 Å². The monoisotopic (exact) mass is 430 g/mol. The van der Waals surface area contributed by atoms with E-state index in [0.717, 1.165) is 4.68 Å². The van der Waals surface area contributed by atoms with Gasteiger partial charge in [-0.2, -0.15) is 18.3 Å². The van der Waals surface area contributed by atoms with Crippen LogP contribution < -0.4 is 15.4 Å². The van der Waals surface area contributed by atoms with E-state index in [9.17, 15) is 18.0 Å². The van der Waals surface area contributed by atoms with Crippen LogP contribution >= 0.6 is 11.6 Å². The van der Waals surface area contributed by atoms with Crippen molar-refractivity contribution in [2.75, 3.05) is 12.4 Å². The first kappa shape index (κ1) is 21.3. The van der Waals surface area contributed by atoms with Gasteiger partial charge >= 0.3 is 6.18 Å². The van der Waals surface area contributed by atoms with Crippen LogP contribution in [0.3, 0.4) is 0 Å². The molecule has 0 saturated carbocycles. The number of hydrogen-bond donors (Lipinski definition) is 2. The van der Waals surface area contributed by atoms with Crippen molar-refractivity contribution in [3.05, 3.63) is 40.5 Å². The number of nitrogens with one attached hydrogen (secondary N) is 2. The molecule has 2 aromatic rings. The molecule has 0 aliphatic carbocycles. The molecule has 6 nitrogen and oxygen atoms in total. The van der Waals surface area contributed by atoms with Crippen LogP contribution in [0.2, 0.25) is 5.02 Å². The van der Waals surface area contributed by atoms with E-state index < -0.39 is 24.2 Å². The van der Waals surface area contributed by atoms with Gasteiger partial charge in [-0.25, -0.2) is 4.68 Å². The topological polar surface area (TPSA) is 68.2 Å². The number of aromatic nitrogens is 2. The number of carbonyl (C=O) groups excluding carboxylic acids is 1. The molecule has 158 valence electrons. The number of fused-ring (bicyclic) bond motifs is 1. The predicted octanol–water partition coefficient (Wildman–Crippen LogP) is 4.73. The van der Waals surface area contributed by atoms with E-state index in [-0.39, 0.29) is 29.0 Å². The minimum absolute atomic E-state index is 0.0182. The minimum atomic E-state index is -4.55. The molecule has 1 amide bonds. The van der Waals surface area contributed by atoms with Crippen LogP contribution in [0.25, 0.3) is 0 Å². The summed E-state index contributed by atoms with van der Waals surface area (Å²) in [5.74, 6) is -0.0191. The highest BCUT2D eigenvalue weighted by atomic mass is 35.5. The molecule has 2 N–H and O–H groups in total. The molecule has 1 aliphatic heterocycles. The van der Waals surface area contributed by atoms with Gasteiger partial charge in [-0.15, -0.1) is 0 Å². The number of ether oxygens (including phenoxy) is 1. The normalized spacial score (nSPS) is 19.8. The van der Waals surface area contributed by atoms with Gasteiger partial charge in [0.25, 0.3) is 5.91 Å². The quantitative estimate of drug-likeness (QED) is 0.719. The zero-order chi connectivity index (χ0) is 21.3. The average Bonchev–Trinajstić information content (AvgIpc) is 3.03. The van der Waals surface area contributed by atoms with E-state index in [1.54, 1.807) is 31.2 Å². The van der Waals surface area contributed by atoms with Gasteiger partial charge < -0.3 is 15.4 Å². The lowest BCUT2D eigenvalue weighted by atomic mass is 9.97. The predicted molar refractivity (Wildman–Crippen MR) is 104 cm³/mol. The SMILES string of the molecule is CC[C@H](C)NC(=O)c1nn2c(c1Cl)N[C@@H](c1ccc(OC)cc1)C[C@@H]2C(F)(F)F. The first-order valence-electron chi connectivity index (χ1n) is 9.21. The molecular weight excluding hydrogens is 409 g/mol. The van der Waals surface area contributed by atoms with Crippen molar-refractivity contribution in [3.8, 4) is 5.75 Å². The van der Waals surface area contributed by atoms with Crippen molar-refractivity contribution in [1.82, 2.24) is 15.1 Å². The Balaban J connectivity index is 1.99. The highest BCUT2D eigenvalue weighted by molar-refractivity contribution is 6.36. The maximum Gasteiger partial charge on any atom is 0.410 e. The largest absolute Gasteiger partial charge is 0.497 e. The summed E-state index contributed by atoms with van der Waals surface area (Å²) in [5.41, 5.74) is 0.424. The Labute approximate surface area is 171 Å². The number of hydrogen-bond acceptors (Lipinski definition) is 4. The number of amides is 1. The molecule has 3 rings (SSSR count). The second-order valence-corrected chi connectivity index (χ2v) is 7.38. The lowest BCUT2D eigenvalue weighted by Crippen LogP contribution is -2.36. The summed E-state index contributed by atoms with van der Waals surface area (Å²) in [6, 6.07) is 4.03. The molecule has 0 radical (unpaired) electrons. The third kappa shape index (κ3) is 4.29. The average molecular weight is 431 g/mol. The summed E-state index contributed by atoms with van der Waals surface area (Å²) in [6.45, 7) is 3.67. The number of rotatable bonds is 5. The number of carbonyl (C=O) groups is 1.